The van der Waals surface area contributed by atoms with Gasteiger partial charge in [-0.05, 0) is 36.0 Å². The van der Waals surface area contributed by atoms with Crippen molar-refractivity contribution in [3.63, 3.8) is 0 Å². The predicted octanol–water partition coefficient (Wildman–Crippen LogP) is 2.14. The van der Waals surface area contributed by atoms with Gasteiger partial charge in [-0.2, -0.15) is 17.4 Å². The van der Waals surface area contributed by atoms with Crippen molar-refractivity contribution in [1.29, 1.82) is 0 Å². The Morgan fingerprint density at radius 3 is 2.30 bits per heavy atom. The average molecular weight is 300 g/mol. The highest BCUT2D eigenvalue weighted by Crippen LogP contribution is 2.22. The number of rotatable bonds is 4. The fraction of sp³-hybridized carbons (Fsp3) is 0.571. The van der Waals surface area contributed by atoms with Gasteiger partial charge in [0.05, 0.1) is 0 Å². The molecule has 1 saturated heterocycles. The topological polar surface area (TPSA) is 49.4 Å². The van der Waals surface area contributed by atoms with Gasteiger partial charge < -0.3 is 0 Å². The summed E-state index contributed by atoms with van der Waals surface area (Å²) in [5.41, 5.74) is 0.744. The summed E-state index contributed by atoms with van der Waals surface area (Å²) in [7, 11) is -3.47. The highest BCUT2D eigenvalue weighted by atomic mass is 32.2. The van der Waals surface area contributed by atoms with Crippen molar-refractivity contribution < 1.29 is 12.8 Å². The zero-order valence-corrected chi connectivity index (χ0v) is 12.7. The highest BCUT2D eigenvalue weighted by molar-refractivity contribution is 7.87. The molecule has 2 rings (SSSR count). The van der Waals surface area contributed by atoms with Crippen LogP contribution in [0.25, 0.3) is 0 Å². The van der Waals surface area contributed by atoms with Crippen molar-refractivity contribution in [2.24, 2.45) is 11.8 Å². The maximum atomic E-state index is 12.8. The largest absolute Gasteiger partial charge is 0.279 e. The van der Waals surface area contributed by atoms with Crippen molar-refractivity contribution in [2.75, 3.05) is 13.1 Å². The summed E-state index contributed by atoms with van der Waals surface area (Å²) >= 11 is 0. The van der Waals surface area contributed by atoms with E-state index < -0.39 is 10.2 Å². The van der Waals surface area contributed by atoms with Crippen LogP contribution in [0.2, 0.25) is 0 Å². The van der Waals surface area contributed by atoms with Gasteiger partial charge in [0, 0.05) is 19.6 Å². The Kier molecular flexibility index (Phi) is 4.78. The Hall–Kier alpha value is -0.980. The van der Waals surface area contributed by atoms with Gasteiger partial charge in [-0.1, -0.05) is 26.0 Å². The quantitative estimate of drug-likeness (QED) is 0.926. The van der Waals surface area contributed by atoms with E-state index in [9.17, 15) is 12.8 Å². The van der Waals surface area contributed by atoms with Crippen molar-refractivity contribution in [3.05, 3.63) is 35.6 Å². The molecule has 0 spiro atoms. The van der Waals surface area contributed by atoms with Crippen LogP contribution >= 0.6 is 0 Å². The molecule has 0 saturated carbocycles. The van der Waals surface area contributed by atoms with Gasteiger partial charge in [-0.3, -0.25) is 0 Å². The lowest BCUT2D eigenvalue weighted by Crippen LogP contribution is -2.47. The first-order valence-corrected chi connectivity index (χ1v) is 8.30. The molecule has 1 fully saturated rings. The molecular formula is C14H21FN2O2S. The molecule has 1 heterocycles. The standard InChI is InChI=1S/C14H21FN2O2S/c1-11-7-12(2)10-17(9-11)20(18,19)16-8-13-3-5-14(15)6-4-13/h3-6,11-12,16H,7-10H2,1-2H3. The third-order valence-corrected chi connectivity index (χ3v) is 5.03. The van der Waals surface area contributed by atoms with E-state index in [0.717, 1.165) is 12.0 Å². The summed E-state index contributed by atoms with van der Waals surface area (Å²) in [6, 6.07) is 5.82. The second-order valence-corrected chi connectivity index (χ2v) is 7.47. The molecule has 6 heteroatoms. The second kappa shape index (κ2) is 6.20. The first-order chi connectivity index (χ1) is 9.37. The summed E-state index contributed by atoms with van der Waals surface area (Å²) < 4.78 is 41.4. The lowest BCUT2D eigenvalue weighted by molar-refractivity contribution is 0.220. The first kappa shape index (κ1) is 15.4. The SMILES string of the molecule is CC1CC(C)CN(S(=O)(=O)NCc2ccc(F)cc2)C1. The molecule has 1 aromatic rings. The third-order valence-electron chi connectivity index (χ3n) is 3.55. The van der Waals surface area contributed by atoms with E-state index in [2.05, 4.69) is 18.6 Å². The number of hydrogen-bond donors (Lipinski definition) is 1. The lowest BCUT2D eigenvalue weighted by Gasteiger charge is -2.33. The van der Waals surface area contributed by atoms with Crippen LogP contribution in [0.1, 0.15) is 25.8 Å². The number of nitrogens with zero attached hydrogens (tertiary/aromatic N) is 1. The molecule has 112 valence electrons. The van der Waals surface area contributed by atoms with Crippen LogP contribution in [0.5, 0.6) is 0 Å². The molecule has 0 bridgehead atoms. The van der Waals surface area contributed by atoms with Gasteiger partial charge in [0.15, 0.2) is 0 Å². The van der Waals surface area contributed by atoms with Crippen LogP contribution in [-0.2, 0) is 16.8 Å². The zero-order chi connectivity index (χ0) is 14.8. The van der Waals surface area contributed by atoms with Crippen LogP contribution in [-0.4, -0.2) is 25.8 Å². The summed E-state index contributed by atoms with van der Waals surface area (Å²) in [6.07, 6.45) is 1.06. The molecule has 2 unspecified atom stereocenters. The zero-order valence-electron chi connectivity index (χ0n) is 11.8. The van der Waals surface area contributed by atoms with Gasteiger partial charge in [-0.25, -0.2) is 4.39 Å². The Labute approximate surface area is 120 Å². The van der Waals surface area contributed by atoms with E-state index >= 15 is 0 Å². The lowest BCUT2D eigenvalue weighted by atomic mass is 9.94. The maximum Gasteiger partial charge on any atom is 0.279 e. The molecule has 1 aromatic carbocycles. The molecule has 20 heavy (non-hydrogen) atoms. The first-order valence-electron chi connectivity index (χ1n) is 6.86. The minimum Gasteiger partial charge on any atom is -0.207 e. The summed E-state index contributed by atoms with van der Waals surface area (Å²) in [5.74, 6) is 0.428. The number of halogens is 1. The van der Waals surface area contributed by atoms with E-state index in [-0.39, 0.29) is 12.4 Å². The average Bonchev–Trinajstić information content (AvgIpc) is 2.37. The summed E-state index contributed by atoms with van der Waals surface area (Å²) in [4.78, 5) is 0. The molecule has 0 radical (unpaired) electrons. The minimum absolute atomic E-state index is 0.182. The Morgan fingerprint density at radius 2 is 1.75 bits per heavy atom. The predicted molar refractivity (Wildman–Crippen MR) is 76.7 cm³/mol. The van der Waals surface area contributed by atoms with Gasteiger partial charge in [0.1, 0.15) is 5.82 Å². The van der Waals surface area contributed by atoms with Gasteiger partial charge in [0.2, 0.25) is 0 Å². The highest BCUT2D eigenvalue weighted by Gasteiger charge is 2.29. The fourth-order valence-corrected chi connectivity index (χ4v) is 4.10. The molecule has 1 N–H and O–H groups in total. The van der Waals surface area contributed by atoms with E-state index in [0.29, 0.717) is 24.9 Å². The van der Waals surface area contributed by atoms with E-state index in [4.69, 9.17) is 0 Å². The monoisotopic (exact) mass is 300 g/mol. The number of nitrogens with one attached hydrogen (secondary N) is 1. The number of piperidine rings is 1. The van der Waals surface area contributed by atoms with Gasteiger partial charge >= 0.3 is 0 Å². The van der Waals surface area contributed by atoms with Crippen molar-refractivity contribution in [1.82, 2.24) is 9.03 Å². The van der Waals surface area contributed by atoms with E-state index in [1.807, 2.05) is 0 Å². The Morgan fingerprint density at radius 1 is 1.20 bits per heavy atom. The minimum atomic E-state index is -3.47. The smallest absolute Gasteiger partial charge is 0.207 e. The molecule has 1 aliphatic rings. The molecule has 0 aliphatic carbocycles. The molecule has 4 nitrogen and oxygen atoms in total. The fourth-order valence-electron chi connectivity index (χ4n) is 2.67. The summed E-state index contributed by atoms with van der Waals surface area (Å²) in [6.45, 7) is 5.43. The molecule has 1 aliphatic heterocycles. The van der Waals surface area contributed by atoms with E-state index in [1.165, 1.54) is 16.4 Å². The second-order valence-electron chi connectivity index (χ2n) is 5.72. The van der Waals surface area contributed by atoms with Crippen LogP contribution < -0.4 is 4.72 Å². The normalized spacial score (nSPS) is 24.8. The molecule has 2 atom stereocenters. The van der Waals surface area contributed by atoms with E-state index in [1.54, 1.807) is 12.1 Å². The van der Waals surface area contributed by atoms with Gasteiger partial charge in [0.25, 0.3) is 10.2 Å². The van der Waals surface area contributed by atoms with Crippen LogP contribution in [0.4, 0.5) is 4.39 Å². The van der Waals surface area contributed by atoms with Crippen LogP contribution in [0.15, 0.2) is 24.3 Å². The molecule has 0 aromatic heterocycles. The third kappa shape index (κ3) is 4.01. The summed E-state index contributed by atoms with van der Waals surface area (Å²) in [5, 5.41) is 0. The molecular weight excluding hydrogens is 279 g/mol. The number of benzene rings is 1. The molecule has 0 amide bonds. The van der Waals surface area contributed by atoms with Crippen LogP contribution in [0.3, 0.4) is 0 Å². The van der Waals surface area contributed by atoms with Crippen molar-refractivity contribution in [2.45, 2.75) is 26.8 Å². The maximum absolute atomic E-state index is 12.8. The van der Waals surface area contributed by atoms with Crippen molar-refractivity contribution in [3.8, 4) is 0 Å². The van der Waals surface area contributed by atoms with Crippen molar-refractivity contribution >= 4 is 10.2 Å². The Balaban J connectivity index is 1.98. The van der Waals surface area contributed by atoms with Gasteiger partial charge in [-0.15, -0.1) is 0 Å². The Bertz CT molecular complexity index is 535. The number of hydrogen-bond acceptors (Lipinski definition) is 2. The van der Waals surface area contributed by atoms with Crippen LogP contribution in [0, 0.1) is 17.7 Å².